The molecule has 0 heterocycles. The van der Waals surface area contributed by atoms with E-state index in [9.17, 15) is 20.1 Å². The Morgan fingerprint density at radius 3 is 0.938 bits per heavy atom. The van der Waals surface area contributed by atoms with E-state index < -0.39 is 24.2 Å². The fourth-order valence-electron chi connectivity index (χ4n) is 9.14. The summed E-state index contributed by atoms with van der Waals surface area (Å²) < 4.78 is 0. The van der Waals surface area contributed by atoms with Gasteiger partial charge in [0.05, 0.1) is 18.8 Å². The molecule has 0 aromatic heterocycles. The summed E-state index contributed by atoms with van der Waals surface area (Å²) in [7, 11) is 0. The van der Waals surface area contributed by atoms with Crippen molar-refractivity contribution in [3.05, 3.63) is 36.5 Å². The Bertz CT molecular complexity index is 1010. The first-order valence-electron chi connectivity index (χ1n) is 29.3. The summed E-state index contributed by atoms with van der Waals surface area (Å²) in [6.07, 6.45) is 72.5. The number of rotatable bonds is 54. The van der Waals surface area contributed by atoms with Crippen LogP contribution in [0.1, 0.15) is 316 Å². The third-order valence-electron chi connectivity index (χ3n) is 13.7. The van der Waals surface area contributed by atoms with Crippen molar-refractivity contribution in [2.24, 2.45) is 0 Å². The topological polar surface area (TPSA) is 89.8 Å². The van der Waals surface area contributed by atoms with Crippen LogP contribution in [-0.2, 0) is 4.79 Å². The van der Waals surface area contributed by atoms with Crippen LogP contribution in [0.2, 0.25) is 0 Å². The Hall–Kier alpha value is -1.43. The van der Waals surface area contributed by atoms with E-state index >= 15 is 0 Å². The van der Waals surface area contributed by atoms with Crippen LogP contribution >= 0.6 is 0 Å². The van der Waals surface area contributed by atoms with Crippen LogP contribution in [0.5, 0.6) is 0 Å². The summed E-state index contributed by atoms with van der Waals surface area (Å²) >= 11 is 0. The van der Waals surface area contributed by atoms with Crippen molar-refractivity contribution in [2.45, 2.75) is 334 Å². The number of aliphatic hydroxyl groups is 3. The number of hydrogen-bond acceptors (Lipinski definition) is 4. The number of hydrogen-bond donors (Lipinski definition) is 4. The van der Waals surface area contributed by atoms with Gasteiger partial charge in [-0.05, 0) is 57.8 Å². The van der Waals surface area contributed by atoms with Gasteiger partial charge in [-0.3, -0.25) is 4.79 Å². The fourth-order valence-corrected chi connectivity index (χ4v) is 9.14. The van der Waals surface area contributed by atoms with Crippen molar-refractivity contribution in [3.63, 3.8) is 0 Å². The standard InChI is InChI=1S/C60H115NO4/c1-3-5-7-9-11-13-15-17-19-20-21-22-23-24-25-26-27-28-29-30-31-32-33-34-35-36-37-38-39-41-43-45-47-49-51-53-55-59(64)60(65)61-57(56-62)58(63)54-52-50-48-46-44-42-40-18-16-14-12-10-8-6-4-2/h28-29,44,46,52,54,57-59,62-64H,3-27,30-43,45,47-51,53,55-56H2,1-2H3,(H,61,65)/b29-28-,46-44+,54-52+. The fraction of sp³-hybridized carbons (Fsp3) is 0.883. The van der Waals surface area contributed by atoms with E-state index in [-0.39, 0.29) is 6.61 Å². The largest absolute Gasteiger partial charge is 0.394 e. The van der Waals surface area contributed by atoms with Crippen molar-refractivity contribution in [1.82, 2.24) is 5.32 Å². The number of amides is 1. The van der Waals surface area contributed by atoms with Gasteiger partial charge >= 0.3 is 0 Å². The first kappa shape index (κ1) is 63.6. The Labute approximate surface area is 406 Å². The van der Waals surface area contributed by atoms with Crippen molar-refractivity contribution >= 4 is 5.91 Å². The second-order valence-corrected chi connectivity index (χ2v) is 20.2. The van der Waals surface area contributed by atoms with Gasteiger partial charge < -0.3 is 20.6 Å². The minimum absolute atomic E-state index is 0.374. The number of carbonyl (C=O) groups is 1. The predicted octanol–water partition coefficient (Wildman–Crippen LogP) is 18.2. The van der Waals surface area contributed by atoms with Gasteiger partial charge in [-0.25, -0.2) is 0 Å². The van der Waals surface area contributed by atoms with E-state index in [2.05, 4.69) is 43.5 Å². The minimum Gasteiger partial charge on any atom is -0.394 e. The zero-order valence-corrected chi connectivity index (χ0v) is 43.9. The predicted molar refractivity (Wildman–Crippen MR) is 287 cm³/mol. The van der Waals surface area contributed by atoms with Crippen molar-refractivity contribution in [1.29, 1.82) is 0 Å². The summed E-state index contributed by atoms with van der Waals surface area (Å²) in [6.45, 7) is 4.19. The van der Waals surface area contributed by atoms with Crippen molar-refractivity contribution in [3.8, 4) is 0 Å². The summed E-state index contributed by atoms with van der Waals surface area (Å²) in [5.41, 5.74) is 0. The Balaban J connectivity index is 3.49. The van der Waals surface area contributed by atoms with Gasteiger partial charge in [0, 0.05) is 0 Å². The van der Waals surface area contributed by atoms with Gasteiger partial charge in [0.25, 0.3) is 0 Å². The molecular weight excluding hydrogens is 799 g/mol. The lowest BCUT2D eigenvalue weighted by atomic mass is 10.0. The van der Waals surface area contributed by atoms with Gasteiger partial charge in [-0.2, -0.15) is 0 Å². The Morgan fingerprint density at radius 2 is 0.631 bits per heavy atom. The first-order valence-corrected chi connectivity index (χ1v) is 29.3. The monoisotopic (exact) mass is 914 g/mol. The van der Waals surface area contributed by atoms with E-state index in [1.807, 2.05) is 6.08 Å². The third kappa shape index (κ3) is 50.3. The molecule has 0 bridgehead atoms. The lowest BCUT2D eigenvalue weighted by molar-refractivity contribution is -0.131. The van der Waals surface area contributed by atoms with Crippen LogP contribution in [0.15, 0.2) is 36.5 Å². The summed E-state index contributed by atoms with van der Waals surface area (Å²) in [5.74, 6) is -0.509. The van der Waals surface area contributed by atoms with E-state index in [4.69, 9.17) is 0 Å². The van der Waals surface area contributed by atoms with Gasteiger partial charge in [-0.15, -0.1) is 0 Å². The molecule has 0 aromatic carbocycles. The van der Waals surface area contributed by atoms with Crippen LogP contribution in [0.3, 0.4) is 0 Å². The molecule has 0 aliphatic heterocycles. The molecule has 0 aromatic rings. The molecule has 65 heavy (non-hydrogen) atoms. The number of nitrogens with one attached hydrogen (secondary N) is 1. The lowest BCUT2D eigenvalue weighted by Crippen LogP contribution is -2.48. The maximum Gasteiger partial charge on any atom is 0.249 e. The smallest absolute Gasteiger partial charge is 0.249 e. The molecular formula is C60H115NO4. The minimum atomic E-state index is -1.10. The highest BCUT2D eigenvalue weighted by Crippen LogP contribution is 2.17. The molecule has 0 aliphatic carbocycles. The van der Waals surface area contributed by atoms with Crippen LogP contribution < -0.4 is 5.32 Å². The maximum absolute atomic E-state index is 12.5. The Morgan fingerprint density at radius 1 is 0.369 bits per heavy atom. The van der Waals surface area contributed by atoms with Gasteiger partial charge in [-0.1, -0.05) is 294 Å². The molecule has 3 atom stereocenters. The SMILES string of the molecule is CCCCCCCCCCC/C=C/CC/C=C/C(O)C(CO)NC(=O)C(O)CCCCCCCCCCCCCCCCCC/C=C\CCCCCCCCCCCCCCCCCC. The van der Waals surface area contributed by atoms with Gasteiger partial charge in [0.2, 0.25) is 5.91 Å². The molecule has 0 rings (SSSR count). The highest BCUT2D eigenvalue weighted by molar-refractivity contribution is 5.80. The normalized spacial score (nSPS) is 13.5. The average Bonchev–Trinajstić information content (AvgIpc) is 3.31. The number of unbranched alkanes of at least 4 members (excludes halogenated alkanes) is 42. The summed E-state index contributed by atoms with van der Waals surface area (Å²) in [5, 5.41) is 33.3. The molecule has 384 valence electrons. The highest BCUT2D eigenvalue weighted by atomic mass is 16.3. The summed E-state index contributed by atoms with van der Waals surface area (Å²) in [6, 6.07) is -0.813. The molecule has 5 heteroatoms. The zero-order valence-electron chi connectivity index (χ0n) is 43.9. The molecule has 0 fully saturated rings. The third-order valence-corrected chi connectivity index (χ3v) is 13.7. The second kappa shape index (κ2) is 55.2. The molecule has 5 nitrogen and oxygen atoms in total. The molecule has 0 spiro atoms. The van der Waals surface area contributed by atoms with E-state index in [0.29, 0.717) is 6.42 Å². The van der Waals surface area contributed by atoms with Gasteiger partial charge in [0.15, 0.2) is 0 Å². The van der Waals surface area contributed by atoms with E-state index in [1.54, 1.807) is 6.08 Å². The molecule has 0 aliphatic rings. The number of allylic oxidation sites excluding steroid dienone is 5. The van der Waals surface area contributed by atoms with E-state index in [0.717, 1.165) is 38.5 Å². The Kier molecular flexibility index (Phi) is 54.0. The van der Waals surface area contributed by atoms with Crippen molar-refractivity contribution < 1.29 is 20.1 Å². The lowest BCUT2D eigenvalue weighted by Gasteiger charge is -2.21. The van der Waals surface area contributed by atoms with Crippen LogP contribution in [0, 0.1) is 0 Å². The molecule has 3 unspecified atom stereocenters. The van der Waals surface area contributed by atoms with Crippen molar-refractivity contribution in [2.75, 3.05) is 6.61 Å². The van der Waals surface area contributed by atoms with Crippen LogP contribution in [0.4, 0.5) is 0 Å². The molecule has 4 N–H and O–H groups in total. The highest BCUT2D eigenvalue weighted by Gasteiger charge is 2.22. The second-order valence-electron chi connectivity index (χ2n) is 20.2. The maximum atomic E-state index is 12.5. The zero-order chi connectivity index (χ0) is 47.2. The molecule has 1 amide bonds. The number of carbonyl (C=O) groups excluding carboxylic acids is 1. The van der Waals surface area contributed by atoms with E-state index in [1.165, 1.54) is 257 Å². The number of aliphatic hydroxyl groups excluding tert-OH is 3. The molecule has 0 saturated heterocycles. The van der Waals surface area contributed by atoms with Gasteiger partial charge in [0.1, 0.15) is 6.10 Å². The van der Waals surface area contributed by atoms with Crippen LogP contribution in [-0.4, -0.2) is 46.1 Å². The first-order chi connectivity index (χ1) is 32.1. The average molecular weight is 915 g/mol. The van der Waals surface area contributed by atoms with Crippen LogP contribution in [0.25, 0.3) is 0 Å². The quantitative estimate of drug-likeness (QED) is 0.0361. The molecule has 0 saturated carbocycles. The summed E-state index contributed by atoms with van der Waals surface area (Å²) in [4.78, 5) is 12.5. The molecule has 0 radical (unpaired) electrons.